The van der Waals surface area contributed by atoms with Crippen LogP contribution in [0.1, 0.15) is 21.5 Å². The number of carbonyl (C=O) groups excluding carboxylic acids is 2. The van der Waals surface area contributed by atoms with Crippen LogP contribution in [0.2, 0.25) is 0 Å². The maximum Gasteiger partial charge on any atom is 0.285 e. The number of methoxy groups -OCH3 is 1. The summed E-state index contributed by atoms with van der Waals surface area (Å²) in [5.74, 6) is 0.542. The zero-order valence-corrected chi connectivity index (χ0v) is 21.5. The summed E-state index contributed by atoms with van der Waals surface area (Å²) in [6, 6.07) is 28.5. The number of hydrazine groups is 1. The minimum Gasteiger partial charge on any atom is -0.497 e. The minimum absolute atomic E-state index is 0.258. The second-order valence-corrected chi connectivity index (χ2v) is 9.86. The molecular weight excluding hydrogens is 504 g/mol. The summed E-state index contributed by atoms with van der Waals surface area (Å²) in [6.45, 7) is 0.452. The number of amides is 2. The van der Waals surface area contributed by atoms with Crippen LogP contribution in [0, 0.1) is 0 Å². The van der Waals surface area contributed by atoms with Gasteiger partial charge in [-0.25, -0.2) is 0 Å². The average Bonchev–Trinajstić information content (AvgIpc) is 3.19. The predicted molar refractivity (Wildman–Crippen MR) is 150 cm³/mol. The van der Waals surface area contributed by atoms with Crippen molar-refractivity contribution in [3.8, 4) is 11.5 Å². The SMILES string of the molecule is COc1ccc(C(=O)NN2C(=O)/C(=C\c3ccc(OCc4cccc5ccccc45)cc3)SC2=S)cc1. The van der Waals surface area contributed by atoms with Gasteiger partial charge < -0.3 is 9.47 Å². The van der Waals surface area contributed by atoms with E-state index in [-0.39, 0.29) is 10.2 Å². The third-order valence-electron chi connectivity index (χ3n) is 5.81. The number of nitrogens with zero attached hydrogens (tertiary/aromatic N) is 1. The van der Waals surface area contributed by atoms with Crippen LogP contribution in [0.4, 0.5) is 0 Å². The maximum atomic E-state index is 12.9. The minimum atomic E-state index is -0.437. The molecule has 0 aromatic heterocycles. The van der Waals surface area contributed by atoms with Crippen LogP contribution in [-0.4, -0.2) is 28.3 Å². The second kappa shape index (κ2) is 10.9. The summed E-state index contributed by atoms with van der Waals surface area (Å²) in [5.41, 5.74) is 4.90. The molecule has 1 N–H and O–H groups in total. The number of benzene rings is 4. The van der Waals surface area contributed by atoms with E-state index in [0.717, 1.165) is 33.6 Å². The second-order valence-electron chi connectivity index (χ2n) is 8.18. The molecular formula is C29H22N2O4S2. The molecule has 2 amide bonds. The van der Waals surface area contributed by atoms with E-state index in [1.807, 2.05) is 42.5 Å². The smallest absolute Gasteiger partial charge is 0.285 e. The maximum absolute atomic E-state index is 12.9. The first kappa shape index (κ1) is 24.5. The Labute approximate surface area is 223 Å². The molecule has 184 valence electrons. The number of fused-ring (bicyclic) bond motifs is 1. The average molecular weight is 527 g/mol. The number of thioether (sulfide) groups is 1. The van der Waals surface area contributed by atoms with Crippen LogP contribution >= 0.6 is 24.0 Å². The van der Waals surface area contributed by atoms with E-state index in [0.29, 0.717) is 22.8 Å². The third-order valence-corrected chi connectivity index (χ3v) is 7.11. The number of thiocarbonyl (C=S) groups is 1. The zero-order chi connectivity index (χ0) is 25.8. The molecule has 0 saturated carbocycles. The van der Waals surface area contributed by atoms with Crippen molar-refractivity contribution in [1.82, 2.24) is 10.4 Å². The normalized spacial score (nSPS) is 14.3. The first-order valence-corrected chi connectivity index (χ1v) is 12.7. The lowest BCUT2D eigenvalue weighted by molar-refractivity contribution is -0.123. The molecule has 1 heterocycles. The van der Waals surface area contributed by atoms with Gasteiger partial charge in [0.2, 0.25) is 0 Å². The van der Waals surface area contributed by atoms with Gasteiger partial charge in [-0.2, -0.15) is 5.01 Å². The Morgan fingerprint density at radius 3 is 2.41 bits per heavy atom. The van der Waals surface area contributed by atoms with Crippen LogP contribution in [0.5, 0.6) is 11.5 Å². The molecule has 37 heavy (non-hydrogen) atoms. The van der Waals surface area contributed by atoms with Crippen molar-refractivity contribution in [3.63, 3.8) is 0 Å². The molecule has 4 aromatic carbocycles. The molecule has 8 heteroatoms. The van der Waals surface area contributed by atoms with Crippen molar-refractivity contribution in [2.75, 3.05) is 7.11 Å². The van der Waals surface area contributed by atoms with Crippen molar-refractivity contribution in [3.05, 3.63) is 113 Å². The van der Waals surface area contributed by atoms with Gasteiger partial charge in [-0.1, -0.05) is 66.4 Å². The predicted octanol–water partition coefficient (Wildman–Crippen LogP) is 5.97. The molecule has 0 unspecified atom stereocenters. The lowest BCUT2D eigenvalue weighted by Crippen LogP contribution is -2.44. The van der Waals surface area contributed by atoms with E-state index in [4.69, 9.17) is 21.7 Å². The van der Waals surface area contributed by atoms with E-state index in [1.165, 1.54) is 10.8 Å². The van der Waals surface area contributed by atoms with Crippen LogP contribution in [0.25, 0.3) is 16.8 Å². The highest BCUT2D eigenvalue weighted by Crippen LogP contribution is 2.32. The molecule has 1 saturated heterocycles. The topological polar surface area (TPSA) is 67.9 Å². The van der Waals surface area contributed by atoms with Crippen molar-refractivity contribution < 1.29 is 19.1 Å². The quantitative estimate of drug-likeness (QED) is 0.236. The Morgan fingerprint density at radius 1 is 0.946 bits per heavy atom. The van der Waals surface area contributed by atoms with E-state index >= 15 is 0 Å². The van der Waals surface area contributed by atoms with E-state index in [1.54, 1.807) is 37.5 Å². The fourth-order valence-corrected chi connectivity index (χ4v) is 5.04. The van der Waals surface area contributed by atoms with Crippen LogP contribution in [0.3, 0.4) is 0 Å². The molecule has 5 rings (SSSR count). The largest absolute Gasteiger partial charge is 0.497 e. The van der Waals surface area contributed by atoms with Crippen molar-refractivity contribution >= 4 is 57.0 Å². The van der Waals surface area contributed by atoms with E-state index in [9.17, 15) is 9.59 Å². The lowest BCUT2D eigenvalue weighted by atomic mass is 10.1. The molecule has 0 bridgehead atoms. The van der Waals surface area contributed by atoms with Crippen LogP contribution < -0.4 is 14.9 Å². The third kappa shape index (κ3) is 5.50. The van der Waals surface area contributed by atoms with Crippen LogP contribution in [-0.2, 0) is 11.4 Å². The summed E-state index contributed by atoms with van der Waals surface area (Å²) >= 11 is 6.46. The number of hydrogen-bond donors (Lipinski definition) is 1. The Balaban J connectivity index is 1.23. The van der Waals surface area contributed by atoms with Gasteiger partial charge in [0.05, 0.1) is 12.0 Å². The number of carbonyl (C=O) groups is 2. The number of nitrogens with one attached hydrogen (secondary N) is 1. The fraction of sp³-hybridized carbons (Fsp3) is 0.0690. The molecule has 6 nitrogen and oxygen atoms in total. The van der Waals surface area contributed by atoms with Gasteiger partial charge in [0.15, 0.2) is 4.32 Å². The Hall–Kier alpha value is -4.14. The van der Waals surface area contributed by atoms with Crippen molar-refractivity contribution in [2.24, 2.45) is 0 Å². The molecule has 0 radical (unpaired) electrons. The zero-order valence-electron chi connectivity index (χ0n) is 19.8. The van der Waals surface area contributed by atoms with Crippen molar-refractivity contribution in [2.45, 2.75) is 6.61 Å². The van der Waals surface area contributed by atoms with Gasteiger partial charge >= 0.3 is 0 Å². The molecule has 0 atom stereocenters. The standard InChI is InChI=1S/C29H22N2O4S2/c1-34-23-15-11-21(12-16-23)27(32)30-31-28(33)26(37-29(31)36)17-19-9-13-24(14-10-19)35-18-22-7-4-6-20-5-2-3-8-25(20)22/h2-17H,18H2,1H3,(H,30,32)/b26-17+. The summed E-state index contributed by atoms with van der Waals surface area (Å²) in [5, 5.41) is 3.44. The summed E-state index contributed by atoms with van der Waals surface area (Å²) in [4.78, 5) is 25.9. The van der Waals surface area contributed by atoms with Crippen molar-refractivity contribution in [1.29, 1.82) is 0 Å². The Kier molecular flexibility index (Phi) is 7.20. The van der Waals surface area contributed by atoms with Gasteiger partial charge in [0.25, 0.3) is 11.8 Å². The Morgan fingerprint density at radius 2 is 1.65 bits per heavy atom. The highest BCUT2D eigenvalue weighted by molar-refractivity contribution is 8.26. The summed E-state index contributed by atoms with van der Waals surface area (Å²) < 4.78 is 11.4. The van der Waals surface area contributed by atoms with Crippen LogP contribution in [0.15, 0.2) is 95.9 Å². The molecule has 1 aliphatic heterocycles. The van der Waals surface area contributed by atoms with Gasteiger partial charge in [-0.05, 0) is 76.6 Å². The molecule has 4 aromatic rings. The highest BCUT2D eigenvalue weighted by atomic mass is 32.2. The van der Waals surface area contributed by atoms with Gasteiger partial charge in [-0.3, -0.25) is 15.0 Å². The molecule has 0 spiro atoms. The fourth-order valence-electron chi connectivity index (χ4n) is 3.86. The first-order chi connectivity index (χ1) is 18.0. The highest BCUT2D eigenvalue weighted by Gasteiger charge is 2.33. The molecule has 0 aliphatic carbocycles. The molecule has 1 fully saturated rings. The molecule has 1 aliphatic rings. The van der Waals surface area contributed by atoms with Gasteiger partial charge in [-0.15, -0.1) is 0 Å². The first-order valence-electron chi connectivity index (χ1n) is 11.4. The Bertz CT molecular complexity index is 1510. The number of hydrogen-bond acceptors (Lipinski definition) is 6. The summed E-state index contributed by atoms with van der Waals surface area (Å²) in [6.07, 6.45) is 1.74. The number of rotatable bonds is 7. The van der Waals surface area contributed by atoms with E-state index in [2.05, 4.69) is 29.7 Å². The number of ether oxygens (including phenoxy) is 2. The lowest BCUT2D eigenvalue weighted by Gasteiger charge is -2.15. The van der Waals surface area contributed by atoms with Gasteiger partial charge in [0, 0.05) is 5.56 Å². The van der Waals surface area contributed by atoms with Gasteiger partial charge in [0.1, 0.15) is 18.1 Å². The summed E-state index contributed by atoms with van der Waals surface area (Å²) in [7, 11) is 1.55. The monoisotopic (exact) mass is 526 g/mol. The van der Waals surface area contributed by atoms with E-state index < -0.39 is 5.91 Å².